The normalized spacial score (nSPS) is 21.2. The third kappa shape index (κ3) is 2.81. The van der Waals surface area contributed by atoms with E-state index in [0.717, 1.165) is 31.6 Å². The van der Waals surface area contributed by atoms with Crippen molar-refractivity contribution in [3.63, 3.8) is 0 Å². The highest BCUT2D eigenvalue weighted by Gasteiger charge is 2.15. The summed E-state index contributed by atoms with van der Waals surface area (Å²) in [6.45, 7) is 1.24. The van der Waals surface area contributed by atoms with Crippen LogP contribution in [0.15, 0.2) is 6.07 Å². The lowest BCUT2D eigenvalue weighted by Gasteiger charge is -2.22. The third-order valence-corrected chi connectivity index (χ3v) is 2.74. The predicted octanol–water partition coefficient (Wildman–Crippen LogP) is 0.956. The van der Waals surface area contributed by atoms with Crippen LogP contribution >= 0.6 is 0 Å². The zero-order valence-electron chi connectivity index (χ0n) is 9.56. The van der Waals surface area contributed by atoms with Gasteiger partial charge in [0.25, 0.3) is 0 Å². The molecule has 0 saturated carbocycles. The molecule has 1 unspecified atom stereocenters. The summed E-state index contributed by atoms with van der Waals surface area (Å²) in [6.07, 6.45) is 3.17. The fourth-order valence-corrected chi connectivity index (χ4v) is 1.80. The first-order valence-electron chi connectivity index (χ1n) is 5.65. The summed E-state index contributed by atoms with van der Waals surface area (Å²) in [5.41, 5.74) is 1.63. The molecule has 1 aromatic rings. The Hall–Kier alpha value is -0.910. The maximum atomic E-state index is 8.95. The van der Waals surface area contributed by atoms with Crippen molar-refractivity contribution in [2.75, 3.05) is 6.61 Å². The molecule has 90 valence electrons. The smallest absolute Gasteiger partial charge is 0.158 e. The molecule has 1 aromatic heterocycles. The van der Waals surface area contributed by atoms with Gasteiger partial charge in [0.05, 0.1) is 24.6 Å². The Balaban J connectivity index is 1.85. The monoisotopic (exact) mass is 226 g/mol. The number of aromatic nitrogens is 2. The molecular weight excluding hydrogens is 208 g/mol. The van der Waals surface area contributed by atoms with Gasteiger partial charge >= 0.3 is 0 Å². The van der Waals surface area contributed by atoms with E-state index in [0.29, 0.717) is 12.3 Å². The Labute approximate surface area is 95.0 Å². The topological polar surface area (TPSA) is 56.5 Å². The van der Waals surface area contributed by atoms with Gasteiger partial charge in [0.15, 0.2) is 6.29 Å². The molecule has 1 saturated heterocycles. The Morgan fingerprint density at radius 1 is 1.62 bits per heavy atom. The van der Waals surface area contributed by atoms with Crippen molar-refractivity contribution in [3.8, 4) is 0 Å². The summed E-state index contributed by atoms with van der Waals surface area (Å²) in [5, 5.41) is 13.1. The molecule has 2 rings (SSSR count). The Kier molecular flexibility index (Phi) is 3.93. The predicted molar refractivity (Wildman–Crippen MR) is 57.5 cm³/mol. The van der Waals surface area contributed by atoms with Crippen molar-refractivity contribution in [2.24, 2.45) is 7.05 Å². The molecule has 0 spiro atoms. The molecule has 5 nitrogen and oxygen atoms in total. The zero-order valence-corrected chi connectivity index (χ0v) is 9.56. The van der Waals surface area contributed by atoms with Gasteiger partial charge in [-0.25, -0.2) is 0 Å². The highest BCUT2D eigenvalue weighted by atomic mass is 16.7. The average molecular weight is 226 g/mol. The first kappa shape index (κ1) is 11.6. The van der Waals surface area contributed by atoms with Crippen molar-refractivity contribution in [2.45, 2.75) is 38.8 Å². The van der Waals surface area contributed by atoms with Crippen LogP contribution in [0.1, 0.15) is 30.7 Å². The Morgan fingerprint density at radius 3 is 3.12 bits per heavy atom. The van der Waals surface area contributed by atoms with Gasteiger partial charge in [-0.15, -0.1) is 0 Å². The summed E-state index contributed by atoms with van der Waals surface area (Å²) in [5.74, 6) is 0. The SMILES string of the molecule is Cn1nc(CO)cc1COC1CCCCO1. The van der Waals surface area contributed by atoms with Gasteiger partial charge in [0.1, 0.15) is 0 Å². The summed E-state index contributed by atoms with van der Waals surface area (Å²) < 4.78 is 12.8. The molecule has 1 aliphatic heterocycles. The maximum absolute atomic E-state index is 8.95. The van der Waals surface area contributed by atoms with Gasteiger partial charge in [-0.05, 0) is 25.3 Å². The fourth-order valence-electron chi connectivity index (χ4n) is 1.80. The lowest BCUT2D eigenvalue weighted by molar-refractivity contribution is -0.169. The fraction of sp³-hybridized carbons (Fsp3) is 0.727. The van der Waals surface area contributed by atoms with Gasteiger partial charge in [-0.2, -0.15) is 5.10 Å². The number of ether oxygens (including phenoxy) is 2. The van der Waals surface area contributed by atoms with Gasteiger partial charge in [0.2, 0.25) is 0 Å². The standard InChI is InChI=1S/C11H18N2O3/c1-13-10(6-9(7-14)12-13)8-16-11-4-2-3-5-15-11/h6,11,14H,2-5,7-8H2,1H3. The molecule has 0 bridgehead atoms. The summed E-state index contributed by atoms with van der Waals surface area (Å²) in [4.78, 5) is 0. The van der Waals surface area contributed by atoms with Gasteiger partial charge in [0, 0.05) is 13.7 Å². The summed E-state index contributed by atoms with van der Waals surface area (Å²) in [6, 6.07) is 1.85. The van der Waals surface area contributed by atoms with Crippen molar-refractivity contribution in [1.29, 1.82) is 0 Å². The maximum Gasteiger partial charge on any atom is 0.158 e. The van der Waals surface area contributed by atoms with E-state index in [-0.39, 0.29) is 12.9 Å². The van der Waals surface area contributed by atoms with Crippen LogP contribution in [-0.4, -0.2) is 27.8 Å². The molecule has 16 heavy (non-hydrogen) atoms. The van der Waals surface area contributed by atoms with Gasteiger partial charge in [-0.1, -0.05) is 0 Å². The van der Waals surface area contributed by atoms with E-state index < -0.39 is 0 Å². The number of aryl methyl sites for hydroxylation is 1. The lowest BCUT2D eigenvalue weighted by atomic mass is 10.2. The first-order valence-corrected chi connectivity index (χ1v) is 5.65. The molecule has 5 heteroatoms. The zero-order chi connectivity index (χ0) is 11.4. The molecular formula is C11H18N2O3. The lowest BCUT2D eigenvalue weighted by Crippen LogP contribution is -2.22. The summed E-state index contributed by atoms with van der Waals surface area (Å²) >= 11 is 0. The van der Waals surface area contributed by atoms with Gasteiger partial charge < -0.3 is 14.6 Å². The van der Waals surface area contributed by atoms with Crippen LogP contribution in [0.4, 0.5) is 0 Å². The highest BCUT2D eigenvalue weighted by molar-refractivity contribution is 5.08. The number of aliphatic hydroxyl groups is 1. The Bertz CT molecular complexity index is 332. The molecule has 0 aromatic carbocycles. The molecule has 1 fully saturated rings. The number of rotatable bonds is 4. The second kappa shape index (κ2) is 5.43. The number of hydrogen-bond acceptors (Lipinski definition) is 4. The van der Waals surface area contributed by atoms with E-state index in [9.17, 15) is 0 Å². The third-order valence-electron chi connectivity index (χ3n) is 2.74. The molecule has 0 amide bonds. The van der Waals surface area contributed by atoms with Crippen LogP contribution in [-0.2, 0) is 29.7 Å². The van der Waals surface area contributed by atoms with Crippen LogP contribution in [0.25, 0.3) is 0 Å². The van der Waals surface area contributed by atoms with Gasteiger partial charge in [-0.3, -0.25) is 4.68 Å². The largest absolute Gasteiger partial charge is 0.390 e. The minimum atomic E-state index is -0.0822. The molecule has 1 atom stereocenters. The van der Waals surface area contributed by atoms with Crippen LogP contribution in [0.2, 0.25) is 0 Å². The second-order valence-electron chi connectivity index (χ2n) is 4.02. The van der Waals surface area contributed by atoms with E-state index in [1.165, 1.54) is 0 Å². The van der Waals surface area contributed by atoms with E-state index in [2.05, 4.69) is 5.10 Å². The van der Waals surface area contributed by atoms with Crippen molar-refractivity contribution < 1.29 is 14.6 Å². The highest BCUT2D eigenvalue weighted by Crippen LogP contribution is 2.15. The minimum Gasteiger partial charge on any atom is -0.390 e. The van der Waals surface area contributed by atoms with E-state index in [1.54, 1.807) is 4.68 Å². The number of aliphatic hydroxyl groups excluding tert-OH is 1. The molecule has 0 aliphatic carbocycles. The van der Waals surface area contributed by atoms with E-state index in [1.807, 2.05) is 13.1 Å². The molecule has 1 aliphatic rings. The van der Waals surface area contributed by atoms with Crippen LogP contribution in [0.5, 0.6) is 0 Å². The van der Waals surface area contributed by atoms with E-state index in [4.69, 9.17) is 14.6 Å². The van der Waals surface area contributed by atoms with Crippen LogP contribution in [0.3, 0.4) is 0 Å². The van der Waals surface area contributed by atoms with E-state index >= 15 is 0 Å². The van der Waals surface area contributed by atoms with Crippen molar-refractivity contribution in [3.05, 3.63) is 17.5 Å². The number of hydrogen-bond donors (Lipinski definition) is 1. The quantitative estimate of drug-likeness (QED) is 0.830. The van der Waals surface area contributed by atoms with Crippen LogP contribution < -0.4 is 0 Å². The number of nitrogens with zero attached hydrogens (tertiary/aromatic N) is 2. The average Bonchev–Trinajstić information content (AvgIpc) is 2.69. The molecule has 1 N–H and O–H groups in total. The first-order chi connectivity index (χ1) is 7.79. The minimum absolute atomic E-state index is 0.0340. The second-order valence-corrected chi connectivity index (χ2v) is 4.02. The van der Waals surface area contributed by atoms with Crippen molar-refractivity contribution in [1.82, 2.24) is 9.78 Å². The van der Waals surface area contributed by atoms with Crippen LogP contribution in [0, 0.1) is 0 Å². The van der Waals surface area contributed by atoms with Crippen molar-refractivity contribution >= 4 is 0 Å². The summed E-state index contributed by atoms with van der Waals surface area (Å²) in [7, 11) is 1.85. The molecule has 2 heterocycles. The molecule has 0 radical (unpaired) electrons. The Morgan fingerprint density at radius 2 is 2.50 bits per heavy atom.